The minimum absolute atomic E-state index is 0.0614. The largest absolute Gasteiger partial charge is 0.462 e. The molecule has 3 aromatic rings. The number of amides is 2. The van der Waals surface area contributed by atoms with Crippen molar-refractivity contribution in [3.8, 4) is 0 Å². The number of ether oxygens (including phenoxy) is 1. The maximum absolute atomic E-state index is 14.7. The van der Waals surface area contributed by atoms with Crippen LogP contribution in [-0.2, 0) is 19.1 Å². The van der Waals surface area contributed by atoms with E-state index in [1.165, 1.54) is 12.1 Å². The Bertz CT molecular complexity index is 1460. The van der Waals surface area contributed by atoms with Crippen LogP contribution < -0.4 is 5.32 Å². The number of hydrogen-bond acceptors (Lipinski definition) is 5. The van der Waals surface area contributed by atoms with Gasteiger partial charge in [0.25, 0.3) is 0 Å². The van der Waals surface area contributed by atoms with E-state index in [1.807, 2.05) is 50.2 Å². The Balaban J connectivity index is 1.68. The summed E-state index contributed by atoms with van der Waals surface area (Å²) in [6.07, 6.45) is -0.933. The third-order valence-electron chi connectivity index (χ3n) is 7.83. The molecule has 1 fully saturated rings. The molecule has 0 aliphatic carbocycles. The summed E-state index contributed by atoms with van der Waals surface area (Å²) in [4.78, 5) is 42.7. The number of cyclic esters (lactones) is 1. The maximum atomic E-state index is 14.7. The first kappa shape index (κ1) is 28.2. The van der Waals surface area contributed by atoms with Gasteiger partial charge < -0.3 is 20.1 Å². The third kappa shape index (κ3) is 5.39. The molecular weight excluding hydrogens is 523 g/mol. The number of carbonyl (C=O) groups is 3. The second-order valence-electron chi connectivity index (χ2n) is 10.8. The Morgan fingerprint density at radius 2 is 1.63 bits per heavy atom. The summed E-state index contributed by atoms with van der Waals surface area (Å²) < 4.78 is 19.5. The topological polar surface area (TPSA) is 95.9 Å². The van der Waals surface area contributed by atoms with Gasteiger partial charge in [0.05, 0.1) is 18.2 Å². The van der Waals surface area contributed by atoms with Crippen molar-refractivity contribution in [1.82, 2.24) is 4.90 Å². The van der Waals surface area contributed by atoms with Crippen LogP contribution in [0.1, 0.15) is 44.2 Å². The lowest BCUT2D eigenvalue weighted by Crippen LogP contribution is -2.49. The van der Waals surface area contributed by atoms with E-state index < -0.39 is 47.1 Å². The zero-order chi connectivity index (χ0) is 29.1. The molecule has 7 nitrogen and oxygen atoms in total. The Labute approximate surface area is 238 Å². The Morgan fingerprint density at radius 3 is 2.24 bits per heavy atom. The van der Waals surface area contributed by atoms with Gasteiger partial charge in [0.15, 0.2) is 5.41 Å². The zero-order valence-corrected chi connectivity index (χ0v) is 23.0. The SMILES string of the molecule is CC(C)C1(C(=O)Nc2ccccc2)C(=O)N(CCC2CC(O)CC(=O)O2)C(c2ccc(F)cc2)=C1c1ccccc1. The Morgan fingerprint density at radius 1 is 1.00 bits per heavy atom. The van der Waals surface area contributed by atoms with Crippen LogP contribution in [0.2, 0.25) is 0 Å². The minimum atomic E-state index is -1.62. The molecule has 2 aliphatic heterocycles. The highest BCUT2D eigenvalue weighted by Crippen LogP contribution is 2.54. The zero-order valence-electron chi connectivity index (χ0n) is 23.0. The summed E-state index contributed by atoms with van der Waals surface area (Å²) in [5, 5.41) is 13.1. The highest BCUT2D eigenvalue weighted by atomic mass is 19.1. The number of aliphatic hydroxyl groups excluding tert-OH is 1. The van der Waals surface area contributed by atoms with Gasteiger partial charge in [-0.25, -0.2) is 4.39 Å². The number of aliphatic hydroxyl groups is 1. The maximum Gasteiger partial charge on any atom is 0.308 e. The number of rotatable bonds is 8. The molecule has 8 heteroatoms. The number of nitrogens with one attached hydrogen (secondary N) is 1. The Kier molecular flexibility index (Phi) is 8.03. The average Bonchev–Trinajstić information content (AvgIpc) is 3.22. The lowest BCUT2D eigenvalue weighted by Gasteiger charge is -2.34. The lowest BCUT2D eigenvalue weighted by atomic mass is 9.68. The second-order valence-corrected chi connectivity index (χ2v) is 10.8. The number of para-hydroxylation sites is 1. The molecule has 1 saturated heterocycles. The molecular formula is C33H33FN2O5. The molecule has 0 spiro atoms. The highest BCUT2D eigenvalue weighted by Gasteiger charge is 2.60. The van der Waals surface area contributed by atoms with Gasteiger partial charge in [-0.05, 0) is 53.4 Å². The van der Waals surface area contributed by atoms with E-state index >= 15 is 0 Å². The predicted octanol–water partition coefficient (Wildman–Crippen LogP) is 5.27. The number of anilines is 1. The number of nitrogens with zero attached hydrogens (tertiary/aromatic N) is 1. The molecule has 0 radical (unpaired) electrons. The van der Waals surface area contributed by atoms with Crippen molar-refractivity contribution in [2.75, 3.05) is 11.9 Å². The van der Waals surface area contributed by atoms with Gasteiger partial charge in [0, 0.05) is 30.6 Å². The van der Waals surface area contributed by atoms with Crippen LogP contribution >= 0.6 is 0 Å². The normalized spacial score (nSPS) is 22.7. The summed E-state index contributed by atoms with van der Waals surface area (Å²) >= 11 is 0. The average molecular weight is 557 g/mol. The summed E-state index contributed by atoms with van der Waals surface area (Å²) in [6, 6.07) is 24.1. The van der Waals surface area contributed by atoms with Crippen LogP contribution in [-0.4, -0.2) is 46.5 Å². The fourth-order valence-corrected chi connectivity index (χ4v) is 5.90. The second kappa shape index (κ2) is 11.7. The molecule has 5 rings (SSSR count). The van der Waals surface area contributed by atoms with Gasteiger partial charge >= 0.3 is 5.97 Å². The van der Waals surface area contributed by atoms with Gasteiger partial charge in [-0.3, -0.25) is 14.4 Å². The van der Waals surface area contributed by atoms with Crippen molar-refractivity contribution < 1.29 is 28.6 Å². The van der Waals surface area contributed by atoms with Gasteiger partial charge in [0.1, 0.15) is 11.9 Å². The summed E-state index contributed by atoms with van der Waals surface area (Å²) in [6.45, 7) is 3.81. The van der Waals surface area contributed by atoms with E-state index in [9.17, 15) is 23.9 Å². The van der Waals surface area contributed by atoms with Crippen molar-refractivity contribution in [3.05, 3.63) is 102 Å². The number of esters is 1. The van der Waals surface area contributed by atoms with Crippen LogP contribution in [0.15, 0.2) is 84.9 Å². The van der Waals surface area contributed by atoms with Crippen molar-refractivity contribution in [2.24, 2.45) is 11.3 Å². The van der Waals surface area contributed by atoms with E-state index in [2.05, 4.69) is 5.32 Å². The molecule has 2 aliphatic rings. The van der Waals surface area contributed by atoms with E-state index in [0.29, 0.717) is 28.1 Å². The predicted molar refractivity (Wildman–Crippen MR) is 153 cm³/mol. The smallest absolute Gasteiger partial charge is 0.308 e. The standard InChI is InChI=1S/C33H33FN2O5/c1-21(2)33(31(39)35-25-11-7-4-8-12-25)29(22-9-5-3-6-10-22)30(23-13-15-24(34)16-14-23)36(32(33)40)18-17-27-19-26(37)20-28(38)41-27/h3-16,21,26-27,37H,17-20H2,1-2H3,(H,35,39). The molecule has 3 unspecified atom stereocenters. The van der Waals surface area contributed by atoms with Crippen LogP contribution in [0.3, 0.4) is 0 Å². The molecule has 2 amide bonds. The van der Waals surface area contributed by atoms with E-state index in [1.54, 1.807) is 41.3 Å². The first-order chi connectivity index (χ1) is 19.7. The number of hydrogen-bond donors (Lipinski definition) is 2. The van der Waals surface area contributed by atoms with Gasteiger partial charge in [-0.1, -0.05) is 62.4 Å². The first-order valence-corrected chi connectivity index (χ1v) is 13.8. The molecule has 3 aromatic carbocycles. The minimum Gasteiger partial charge on any atom is -0.462 e. The third-order valence-corrected chi connectivity index (χ3v) is 7.83. The van der Waals surface area contributed by atoms with E-state index in [0.717, 1.165) is 0 Å². The summed E-state index contributed by atoms with van der Waals surface area (Å²) in [5.74, 6) is -2.26. The summed E-state index contributed by atoms with van der Waals surface area (Å²) in [5.41, 5.74) is 1.24. The Hall–Kier alpha value is -4.30. The molecule has 2 heterocycles. The van der Waals surface area contributed by atoms with Crippen molar-refractivity contribution in [2.45, 2.75) is 45.3 Å². The fourth-order valence-electron chi connectivity index (χ4n) is 5.90. The molecule has 212 valence electrons. The van der Waals surface area contributed by atoms with Crippen LogP contribution in [0, 0.1) is 17.2 Å². The van der Waals surface area contributed by atoms with Crippen molar-refractivity contribution >= 4 is 34.7 Å². The molecule has 2 N–H and O–H groups in total. The van der Waals surface area contributed by atoms with Crippen molar-refractivity contribution in [1.29, 1.82) is 0 Å². The van der Waals surface area contributed by atoms with Gasteiger partial charge in [-0.2, -0.15) is 0 Å². The number of halogens is 1. The first-order valence-electron chi connectivity index (χ1n) is 13.8. The monoisotopic (exact) mass is 556 g/mol. The van der Waals surface area contributed by atoms with Crippen LogP contribution in [0.25, 0.3) is 11.3 Å². The lowest BCUT2D eigenvalue weighted by molar-refractivity contribution is -0.160. The van der Waals surface area contributed by atoms with Gasteiger partial charge in [-0.15, -0.1) is 0 Å². The van der Waals surface area contributed by atoms with Crippen molar-refractivity contribution in [3.63, 3.8) is 0 Å². The molecule has 41 heavy (non-hydrogen) atoms. The highest BCUT2D eigenvalue weighted by molar-refractivity contribution is 6.28. The van der Waals surface area contributed by atoms with E-state index in [4.69, 9.17) is 4.74 Å². The summed E-state index contributed by atoms with van der Waals surface area (Å²) in [7, 11) is 0. The molecule has 0 aromatic heterocycles. The van der Waals surface area contributed by atoms with Gasteiger partial charge in [0.2, 0.25) is 11.8 Å². The fraction of sp³-hybridized carbons (Fsp3) is 0.303. The van der Waals surface area contributed by atoms with E-state index in [-0.39, 0.29) is 25.8 Å². The van der Waals surface area contributed by atoms with Crippen LogP contribution in [0.4, 0.5) is 10.1 Å². The molecule has 0 bridgehead atoms. The molecule has 0 saturated carbocycles. The number of carbonyl (C=O) groups excluding carboxylic acids is 3. The number of benzene rings is 3. The van der Waals surface area contributed by atoms with Crippen LogP contribution in [0.5, 0.6) is 0 Å². The molecule has 3 atom stereocenters. The quantitative estimate of drug-likeness (QED) is 0.291.